The quantitative estimate of drug-likeness (QED) is 0.563. The van der Waals surface area contributed by atoms with Crippen LogP contribution in [0.1, 0.15) is 106 Å². The molecule has 4 saturated carbocycles. The molecule has 29 heavy (non-hydrogen) atoms. The van der Waals surface area contributed by atoms with E-state index in [1.165, 1.54) is 44.9 Å². The molecule has 0 aromatic carbocycles. The topological polar surface area (TPSA) is 46.5 Å². The molecular weight excluding hydrogens is 360 g/mol. The lowest BCUT2D eigenvalue weighted by Crippen LogP contribution is -2.62. The van der Waals surface area contributed by atoms with E-state index >= 15 is 0 Å². The van der Waals surface area contributed by atoms with Crippen molar-refractivity contribution in [2.45, 2.75) is 117 Å². The summed E-state index contributed by atoms with van der Waals surface area (Å²) >= 11 is 0. The van der Waals surface area contributed by atoms with Gasteiger partial charge in [0.25, 0.3) is 0 Å². The minimum atomic E-state index is -0.589. The first-order chi connectivity index (χ1) is 13.4. The maximum atomic E-state index is 12.5. The van der Waals surface area contributed by atoms with E-state index in [0.29, 0.717) is 17.3 Å². The molecule has 3 nitrogen and oxygen atoms in total. The van der Waals surface area contributed by atoms with Crippen molar-refractivity contribution < 1.29 is 14.6 Å². The van der Waals surface area contributed by atoms with E-state index in [1.54, 1.807) is 0 Å². The van der Waals surface area contributed by atoms with Gasteiger partial charge in [0.15, 0.2) is 0 Å². The third kappa shape index (κ3) is 3.12. The molecule has 4 fully saturated rings. The van der Waals surface area contributed by atoms with Crippen LogP contribution >= 0.6 is 0 Å². The molecule has 0 aromatic rings. The van der Waals surface area contributed by atoms with Crippen LogP contribution in [-0.2, 0) is 9.53 Å². The van der Waals surface area contributed by atoms with Crippen LogP contribution in [0.15, 0.2) is 0 Å². The minimum Gasteiger partial charge on any atom is -0.462 e. The summed E-state index contributed by atoms with van der Waals surface area (Å²) in [5.41, 5.74) is -0.770. The molecule has 0 heterocycles. The van der Waals surface area contributed by atoms with Gasteiger partial charge in [-0.25, -0.2) is 0 Å². The van der Waals surface area contributed by atoms with Gasteiger partial charge in [0.1, 0.15) is 6.10 Å². The van der Waals surface area contributed by atoms with Crippen molar-refractivity contribution >= 4 is 5.97 Å². The van der Waals surface area contributed by atoms with Crippen molar-refractivity contribution in [1.29, 1.82) is 0 Å². The van der Waals surface area contributed by atoms with Gasteiger partial charge in [0.2, 0.25) is 0 Å². The molecule has 0 aromatic heterocycles. The molecule has 4 aliphatic rings. The number of aliphatic hydroxyl groups is 1. The van der Waals surface area contributed by atoms with Crippen LogP contribution in [0, 0.1) is 39.9 Å². The zero-order valence-corrected chi connectivity index (χ0v) is 19.7. The summed E-state index contributed by atoms with van der Waals surface area (Å²) in [6.07, 6.45) is 12.1. The molecule has 0 bridgehead atoms. The average molecular weight is 405 g/mol. The smallest absolute Gasteiger partial charge is 0.311 e. The van der Waals surface area contributed by atoms with E-state index in [4.69, 9.17) is 4.74 Å². The molecule has 8 atom stereocenters. The second kappa shape index (κ2) is 6.97. The third-order valence-electron chi connectivity index (χ3n) is 10.3. The fourth-order valence-electron chi connectivity index (χ4n) is 8.48. The molecule has 0 saturated heterocycles. The van der Waals surface area contributed by atoms with Gasteiger partial charge < -0.3 is 9.84 Å². The zero-order valence-electron chi connectivity index (χ0n) is 19.7. The van der Waals surface area contributed by atoms with Crippen molar-refractivity contribution in [1.82, 2.24) is 0 Å². The number of ether oxygens (including phenoxy) is 1. The third-order valence-corrected chi connectivity index (χ3v) is 10.3. The van der Waals surface area contributed by atoms with Gasteiger partial charge in [0.05, 0.1) is 11.0 Å². The van der Waals surface area contributed by atoms with E-state index in [-0.39, 0.29) is 23.4 Å². The lowest BCUT2D eigenvalue weighted by molar-refractivity contribution is -0.214. The summed E-state index contributed by atoms with van der Waals surface area (Å²) in [6, 6.07) is 0. The molecule has 1 N–H and O–H groups in total. The standard InChI is InChI=1S/C26H44O3/c1-17(29-22(27)23(2,3)4)19-13-16-26(28)21-11-10-18-9-7-8-14-24(18,5)20(21)12-15-25(19,26)6/h17-21,28H,7-16H2,1-6H3/t17-,18+,19+,20-,21+,24-,25+,26-/m0/s1. The molecule has 0 amide bonds. The Morgan fingerprint density at radius 1 is 0.966 bits per heavy atom. The van der Waals surface area contributed by atoms with Gasteiger partial charge in [-0.05, 0) is 102 Å². The van der Waals surface area contributed by atoms with Gasteiger partial charge >= 0.3 is 5.97 Å². The van der Waals surface area contributed by atoms with Crippen LogP contribution < -0.4 is 0 Å². The lowest BCUT2D eigenvalue weighted by atomic mass is 9.43. The van der Waals surface area contributed by atoms with Gasteiger partial charge in [-0.15, -0.1) is 0 Å². The molecule has 4 aliphatic carbocycles. The highest BCUT2D eigenvalue weighted by molar-refractivity contribution is 5.75. The average Bonchev–Trinajstić information content (AvgIpc) is 2.92. The Kier molecular flexibility index (Phi) is 5.20. The molecule has 0 spiro atoms. The van der Waals surface area contributed by atoms with E-state index < -0.39 is 11.0 Å². The van der Waals surface area contributed by atoms with Crippen molar-refractivity contribution in [2.24, 2.45) is 39.9 Å². The summed E-state index contributed by atoms with van der Waals surface area (Å²) in [6.45, 7) is 12.7. The fourth-order valence-corrected chi connectivity index (χ4v) is 8.48. The van der Waals surface area contributed by atoms with Crippen LogP contribution in [0.2, 0.25) is 0 Å². The number of hydrogen-bond donors (Lipinski definition) is 1. The Morgan fingerprint density at radius 3 is 2.38 bits per heavy atom. The highest BCUT2D eigenvalue weighted by atomic mass is 16.5. The number of carbonyl (C=O) groups is 1. The van der Waals surface area contributed by atoms with Crippen LogP contribution in [0.3, 0.4) is 0 Å². The van der Waals surface area contributed by atoms with Crippen molar-refractivity contribution in [3.05, 3.63) is 0 Å². The summed E-state index contributed by atoms with van der Waals surface area (Å²) in [5, 5.41) is 12.2. The Balaban J connectivity index is 1.57. The highest BCUT2D eigenvalue weighted by Crippen LogP contribution is 2.69. The lowest BCUT2D eigenvalue weighted by Gasteiger charge is -2.63. The maximum Gasteiger partial charge on any atom is 0.311 e. The van der Waals surface area contributed by atoms with E-state index in [1.807, 2.05) is 20.8 Å². The predicted octanol–water partition coefficient (Wildman–Crippen LogP) is 6.13. The predicted molar refractivity (Wildman–Crippen MR) is 116 cm³/mol. The Hall–Kier alpha value is -0.570. The molecule has 0 radical (unpaired) electrons. The molecule has 4 rings (SSSR count). The monoisotopic (exact) mass is 404 g/mol. The van der Waals surface area contributed by atoms with Crippen molar-refractivity contribution in [3.63, 3.8) is 0 Å². The maximum absolute atomic E-state index is 12.5. The normalized spacial score (nSPS) is 48.2. The van der Waals surface area contributed by atoms with Crippen LogP contribution in [0.5, 0.6) is 0 Å². The first-order valence-electron chi connectivity index (χ1n) is 12.4. The fraction of sp³-hybridized carbons (Fsp3) is 0.962. The SMILES string of the molecule is C[C@H](OC(=O)C(C)(C)C)[C@H]1CC[C@]2(O)[C@@H]3CC[C@H]4CCCC[C@]4(C)[C@H]3CC[C@]12C. The molecular formula is C26H44O3. The van der Waals surface area contributed by atoms with Gasteiger partial charge in [-0.1, -0.05) is 26.7 Å². The van der Waals surface area contributed by atoms with Crippen LogP contribution in [0.4, 0.5) is 0 Å². The molecule has 166 valence electrons. The van der Waals surface area contributed by atoms with E-state index in [2.05, 4.69) is 20.8 Å². The number of fused-ring (bicyclic) bond motifs is 5. The first-order valence-corrected chi connectivity index (χ1v) is 12.4. The molecule has 3 heteroatoms. The summed E-state index contributed by atoms with van der Waals surface area (Å²) in [5.74, 6) is 2.11. The zero-order chi connectivity index (χ0) is 21.2. The van der Waals surface area contributed by atoms with Crippen LogP contribution in [0.25, 0.3) is 0 Å². The van der Waals surface area contributed by atoms with Gasteiger partial charge in [-0.3, -0.25) is 4.79 Å². The van der Waals surface area contributed by atoms with Crippen LogP contribution in [-0.4, -0.2) is 22.8 Å². The largest absolute Gasteiger partial charge is 0.462 e. The number of rotatable bonds is 2. The number of carbonyl (C=O) groups excluding carboxylic acids is 1. The van der Waals surface area contributed by atoms with Gasteiger partial charge in [0, 0.05) is 11.3 Å². The van der Waals surface area contributed by atoms with Gasteiger partial charge in [-0.2, -0.15) is 0 Å². The minimum absolute atomic E-state index is 0.118. The van der Waals surface area contributed by atoms with E-state index in [9.17, 15) is 9.90 Å². The Morgan fingerprint density at radius 2 is 1.69 bits per heavy atom. The summed E-state index contributed by atoms with van der Waals surface area (Å²) in [7, 11) is 0. The number of esters is 1. The summed E-state index contributed by atoms with van der Waals surface area (Å²) in [4.78, 5) is 12.5. The first kappa shape index (κ1) is 21.7. The Bertz CT molecular complexity index is 651. The van der Waals surface area contributed by atoms with Crippen molar-refractivity contribution in [3.8, 4) is 0 Å². The highest BCUT2D eigenvalue weighted by Gasteiger charge is 2.67. The number of hydrogen-bond acceptors (Lipinski definition) is 3. The second-order valence-corrected chi connectivity index (χ2v) is 12.6. The van der Waals surface area contributed by atoms with E-state index in [0.717, 1.165) is 25.2 Å². The second-order valence-electron chi connectivity index (χ2n) is 12.6. The summed E-state index contributed by atoms with van der Waals surface area (Å²) < 4.78 is 5.95. The molecule has 0 aliphatic heterocycles. The van der Waals surface area contributed by atoms with Crippen molar-refractivity contribution in [2.75, 3.05) is 0 Å². The Labute approximate surface area is 178 Å². The molecule has 0 unspecified atom stereocenters.